The van der Waals surface area contributed by atoms with Crippen LogP contribution in [0.25, 0.3) is 0 Å². The Morgan fingerprint density at radius 2 is 0.763 bits per heavy atom. The molecule has 5 unspecified atom stereocenters. The maximum atomic E-state index is 12.1. The van der Waals surface area contributed by atoms with Gasteiger partial charge in [0.1, 0.15) is 28.2 Å². The number of hydrogen-bond acceptors (Lipinski definition) is 26. The second kappa shape index (κ2) is 44.2. The lowest BCUT2D eigenvalue weighted by Gasteiger charge is -2.42. The number of morpholine rings is 4. The van der Waals surface area contributed by atoms with E-state index in [4.69, 9.17) is 54.1 Å². The number of nitro groups is 2. The molecule has 5 saturated heterocycles. The third kappa shape index (κ3) is 37.4. The number of nitrogens with two attached hydrogens (primary N) is 2. The van der Waals surface area contributed by atoms with Gasteiger partial charge in [0.2, 0.25) is 0 Å². The van der Waals surface area contributed by atoms with Gasteiger partial charge in [-0.05, 0) is 227 Å². The van der Waals surface area contributed by atoms with E-state index in [-0.39, 0.29) is 59.3 Å². The lowest BCUT2D eigenvalue weighted by atomic mass is 9.91. The van der Waals surface area contributed by atoms with Crippen LogP contribution in [0.4, 0.5) is 52.4 Å². The fraction of sp³-hybridized carbons (Fsp3) is 0.635. The Kier molecular flexibility index (Phi) is 37.2. The molecule has 658 valence electrons. The zero-order valence-electron chi connectivity index (χ0n) is 73.6. The molecule has 2 aromatic carbocycles. The van der Waals surface area contributed by atoms with Crippen LogP contribution >= 0.6 is 0 Å². The minimum Gasteiger partial charge on any atom is -0.444 e. The smallest absolute Gasteiger partial charge is 0.408 e. The van der Waals surface area contributed by atoms with Crippen molar-refractivity contribution in [1.29, 1.82) is 0 Å². The third-order valence-electron chi connectivity index (χ3n) is 18.8. The first kappa shape index (κ1) is 99.3. The van der Waals surface area contributed by atoms with Crippen LogP contribution in [-0.4, -0.2) is 225 Å². The lowest BCUT2D eigenvalue weighted by molar-refractivity contribution is -0.389. The normalized spacial score (nSPS) is 19.2. The fourth-order valence-electron chi connectivity index (χ4n) is 12.5. The molecule has 118 heavy (non-hydrogen) atoms. The summed E-state index contributed by atoms with van der Waals surface area (Å²) in [5.41, 5.74) is 11.7. The minimum atomic E-state index is -0.681. The Morgan fingerprint density at radius 1 is 0.432 bits per heavy atom. The van der Waals surface area contributed by atoms with Gasteiger partial charge in [0, 0.05) is 89.7 Å². The van der Waals surface area contributed by atoms with E-state index in [1.165, 1.54) is 23.4 Å². The van der Waals surface area contributed by atoms with E-state index >= 15 is 0 Å². The summed E-state index contributed by atoms with van der Waals surface area (Å²) in [6.45, 7) is 53.0. The number of amides is 4. The van der Waals surface area contributed by atoms with Crippen molar-refractivity contribution in [2.24, 2.45) is 5.73 Å². The summed E-state index contributed by atoms with van der Waals surface area (Å²) >= 11 is 0. The lowest BCUT2D eigenvalue weighted by Crippen LogP contribution is -2.60. The molecule has 5 aliphatic rings. The number of alkyl carbamates (subject to hydrolysis) is 4. The van der Waals surface area contributed by atoms with Crippen LogP contribution in [-0.2, 0) is 55.7 Å². The molecule has 32 nitrogen and oxygen atoms in total. The van der Waals surface area contributed by atoms with Crippen LogP contribution in [0.2, 0.25) is 0 Å². The molecule has 0 aliphatic carbocycles. The zero-order chi connectivity index (χ0) is 88.3. The van der Waals surface area contributed by atoms with Crippen LogP contribution < -0.4 is 42.5 Å². The Hall–Kier alpha value is -9.22. The molecule has 0 saturated carbocycles. The molecule has 33 heteroatoms. The second-order valence-corrected chi connectivity index (χ2v) is 36.5. The van der Waals surface area contributed by atoms with Gasteiger partial charge in [0.05, 0.1) is 96.7 Å². The van der Waals surface area contributed by atoms with Crippen molar-refractivity contribution in [3.8, 4) is 0 Å². The molecule has 5 aromatic rings. The van der Waals surface area contributed by atoms with Gasteiger partial charge in [-0.15, -0.1) is 0 Å². The number of nitrogens with zero attached hydrogens (tertiary/aromatic N) is 9. The first-order chi connectivity index (χ1) is 54.7. The van der Waals surface area contributed by atoms with Crippen molar-refractivity contribution in [1.82, 2.24) is 46.0 Å². The van der Waals surface area contributed by atoms with E-state index in [1.54, 1.807) is 39.1 Å². The first-order valence-electron chi connectivity index (χ1n) is 40.2. The van der Waals surface area contributed by atoms with Crippen LogP contribution in [0.1, 0.15) is 183 Å². The fourth-order valence-corrected chi connectivity index (χ4v) is 12.5. The van der Waals surface area contributed by atoms with Crippen molar-refractivity contribution in [3.05, 3.63) is 153 Å². The molecule has 0 spiro atoms. The number of ether oxygens (including phenoxy) is 9. The van der Waals surface area contributed by atoms with Crippen LogP contribution in [0, 0.1) is 26.0 Å². The number of hydrogen-bond donors (Lipinski definition) is 6. The van der Waals surface area contributed by atoms with Crippen molar-refractivity contribution < 1.29 is 76.0 Å². The summed E-state index contributed by atoms with van der Waals surface area (Å²) in [6.07, 6.45) is 5.24. The summed E-state index contributed by atoms with van der Waals surface area (Å²) in [5.74, 6) is -0.618. The SMILES string of the molecule is CC(C)(C)OC(=O)NC(C)(C)C1CCCCO1.CC(C)(C)OC(=O)NC(C)(C)C1CN(Cc2ccccc2)CCO1.CC(C)(C)OC(=O)NC(C)(C)C1CN(c2ccc(N)nc2)CCO1.CC(C)(C)OC(=O)NC(C)(C)C1CN(c2ccc([N+](=O)[O-])nc2)CCO1.CC(C)(N)C1CN(Cc2ccccc2)CCO1.O=[N+]([O-])c1ccc(F)cn1. The van der Waals surface area contributed by atoms with Crippen molar-refractivity contribution >= 4 is 53.2 Å². The first-order valence-corrected chi connectivity index (χ1v) is 40.2. The average Bonchev–Trinajstić information content (AvgIpc) is 0.819. The highest BCUT2D eigenvalue weighted by atomic mass is 19.1. The molecule has 3 aromatic heterocycles. The van der Waals surface area contributed by atoms with Gasteiger partial charge in [-0.1, -0.05) is 60.7 Å². The van der Waals surface area contributed by atoms with Gasteiger partial charge >= 0.3 is 36.0 Å². The van der Waals surface area contributed by atoms with Crippen LogP contribution in [0.5, 0.6) is 0 Å². The molecular weight excluding hydrogens is 1520 g/mol. The molecule has 5 aliphatic heterocycles. The number of rotatable bonds is 17. The van der Waals surface area contributed by atoms with Gasteiger partial charge in [0.25, 0.3) is 0 Å². The molecular formula is C85H134FN15O17. The van der Waals surface area contributed by atoms with E-state index < -0.39 is 73.0 Å². The van der Waals surface area contributed by atoms with E-state index in [9.17, 15) is 43.8 Å². The van der Waals surface area contributed by atoms with Crippen molar-refractivity contribution in [2.75, 3.05) is 101 Å². The van der Waals surface area contributed by atoms with E-state index in [2.05, 4.69) is 106 Å². The van der Waals surface area contributed by atoms with Crippen LogP contribution in [0.15, 0.2) is 116 Å². The maximum absolute atomic E-state index is 12.1. The van der Waals surface area contributed by atoms with Crippen LogP contribution in [0.3, 0.4) is 0 Å². The molecule has 5 fully saturated rings. The summed E-state index contributed by atoms with van der Waals surface area (Å²) < 4.78 is 62.5. The highest BCUT2D eigenvalue weighted by Crippen LogP contribution is 2.29. The number of anilines is 3. The molecule has 8 heterocycles. The average molecular weight is 1660 g/mol. The Bertz CT molecular complexity index is 3890. The van der Waals surface area contributed by atoms with E-state index in [0.29, 0.717) is 45.3 Å². The zero-order valence-corrected chi connectivity index (χ0v) is 73.6. The summed E-state index contributed by atoms with van der Waals surface area (Å²) in [7, 11) is 0. The third-order valence-corrected chi connectivity index (χ3v) is 18.8. The number of pyridine rings is 3. The maximum Gasteiger partial charge on any atom is 0.408 e. The monoisotopic (exact) mass is 1660 g/mol. The predicted molar refractivity (Wildman–Crippen MR) is 453 cm³/mol. The predicted octanol–water partition coefficient (Wildman–Crippen LogP) is 13.5. The standard InChI is InChI=1S/C19H30N2O3.C17H26N4O5.C17H28N4O3.C14H22N2O.C13H25NO3.C5H3FN2O2/c1-18(2,3)24-17(22)20-19(4,5)16-14-21(11-12-23-16)13-15-9-7-6-8-10-15;1-16(2,3)26-15(22)19-17(4,5)13-11-20(8-9-25-13)12-6-7-14(18-10-12)21(23)24;1-16(2,3)24-15(22)20-17(4,5)13-11-21(8-9-23-13)12-6-7-14(18)19-10-12;1-14(2,15)13-11-16(8-9-17-13)10-12-6-4-3-5-7-12;1-12(2,3)17-11(15)14-13(4,5)10-8-6-7-9-16-10;6-4-1-2-5(7-3-4)8(9)10/h6-10,16H,11-14H2,1-5H3,(H,20,22);6-7,10,13H,8-9,11H2,1-5H3,(H,19,22);6-7,10,13H,8-9,11H2,1-5H3,(H2,18,19)(H,20,22);3-7,13H,8-11,15H2,1-2H3;10H,6-9H2,1-5H3,(H,14,15);1-3H. The topological polar surface area (TPSA) is 389 Å². The highest BCUT2D eigenvalue weighted by molar-refractivity contribution is 5.70. The van der Waals surface area contributed by atoms with E-state index in [1.807, 2.05) is 149 Å². The minimum absolute atomic E-state index is 0.0729. The number of carbonyl (C=O) groups excluding carboxylic acids is 4. The number of benzene rings is 2. The summed E-state index contributed by atoms with van der Waals surface area (Å²) in [5, 5.41) is 32.3. The Labute approximate surface area is 697 Å². The molecule has 8 N–H and O–H groups in total. The summed E-state index contributed by atoms with van der Waals surface area (Å²) in [6, 6.07) is 29.7. The van der Waals surface area contributed by atoms with E-state index in [0.717, 1.165) is 108 Å². The summed E-state index contributed by atoms with van der Waals surface area (Å²) in [4.78, 5) is 87.6. The molecule has 0 bridgehead atoms. The largest absolute Gasteiger partial charge is 0.444 e. The van der Waals surface area contributed by atoms with Gasteiger partial charge in [-0.3, -0.25) is 9.80 Å². The quantitative estimate of drug-likeness (QED) is 0.0286. The molecule has 5 atom stereocenters. The Balaban J connectivity index is 0.000000257. The molecule has 4 amide bonds. The second-order valence-electron chi connectivity index (χ2n) is 36.5. The van der Waals surface area contributed by atoms with Gasteiger partial charge in [-0.2, -0.15) is 0 Å². The number of nitrogen functional groups attached to an aromatic ring is 1. The molecule has 10 rings (SSSR count). The Morgan fingerprint density at radius 3 is 1.08 bits per heavy atom. The number of carbonyl (C=O) groups is 4. The highest BCUT2D eigenvalue weighted by Gasteiger charge is 2.41. The molecule has 0 radical (unpaired) electrons. The number of aromatic nitrogens is 3. The van der Waals surface area contributed by atoms with Crippen molar-refractivity contribution in [3.63, 3.8) is 0 Å². The number of halogens is 1. The van der Waals surface area contributed by atoms with Gasteiger partial charge in [-0.25, -0.2) is 28.6 Å². The van der Waals surface area contributed by atoms with Gasteiger partial charge in [0.15, 0.2) is 18.2 Å². The number of nitrogens with one attached hydrogen (secondary N) is 4. The van der Waals surface area contributed by atoms with Crippen molar-refractivity contribution in [2.45, 2.75) is 265 Å². The van der Waals surface area contributed by atoms with Gasteiger partial charge < -0.3 is 105 Å².